The molecular formula is C14H19BrIN3O2. The molecule has 0 amide bonds. The monoisotopic (exact) mass is 467 g/mol. The lowest BCUT2D eigenvalue weighted by Gasteiger charge is -2.14. The van der Waals surface area contributed by atoms with Crippen molar-refractivity contribution in [2.45, 2.75) is 6.54 Å². The Balaban J connectivity index is 0.00000400. The summed E-state index contributed by atoms with van der Waals surface area (Å²) in [5.74, 6) is 4.49. The molecule has 1 aromatic rings. The summed E-state index contributed by atoms with van der Waals surface area (Å²) in [4.78, 5) is 4.07. The van der Waals surface area contributed by atoms with Crippen LogP contribution in [0.15, 0.2) is 21.6 Å². The number of rotatable bonds is 5. The zero-order valence-corrected chi connectivity index (χ0v) is 16.1. The average Bonchev–Trinajstić information content (AvgIpc) is 2.46. The van der Waals surface area contributed by atoms with Crippen molar-refractivity contribution < 1.29 is 9.47 Å². The summed E-state index contributed by atoms with van der Waals surface area (Å²) in [5.41, 5.74) is 1.03. The summed E-state index contributed by atoms with van der Waals surface area (Å²) in [7, 11) is 4.90. The first-order chi connectivity index (χ1) is 9.65. The predicted molar refractivity (Wildman–Crippen MR) is 99.7 cm³/mol. The minimum absolute atomic E-state index is 0. The van der Waals surface area contributed by atoms with E-state index >= 15 is 0 Å². The Labute approximate surface area is 151 Å². The van der Waals surface area contributed by atoms with Gasteiger partial charge >= 0.3 is 0 Å². The van der Waals surface area contributed by atoms with E-state index in [1.54, 1.807) is 21.3 Å². The first kappa shape index (κ1) is 19.9. The van der Waals surface area contributed by atoms with Gasteiger partial charge in [-0.1, -0.05) is 5.92 Å². The topological polar surface area (TPSA) is 54.9 Å². The van der Waals surface area contributed by atoms with Gasteiger partial charge in [0.05, 0.1) is 25.2 Å². The number of methoxy groups -OCH3 is 2. The number of aliphatic imine (C=N–C) groups is 1. The van der Waals surface area contributed by atoms with Gasteiger partial charge in [0.2, 0.25) is 0 Å². The Morgan fingerprint density at radius 3 is 2.57 bits per heavy atom. The number of hydrogen-bond acceptors (Lipinski definition) is 3. The number of ether oxygens (including phenoxy) is 2. The van der Waals surface area contributed by atoms with Gasteiger partial charge in [-0.2, -0.15) is 0 Å². The largest absolute Gasteiger partial charge is 0.493 e. The van der Waals surface area contributed by atoms with E-state index < -0.39 is 0 Å². The normalized spacial score (nSPS) is 10.1. The summed E-state index contributed by atoms with van der Waals surface area (Å²) >= 11 is 3.46. The molecule has 0 bridgehead atoms. The van der Waals surface area contributed by atoms with Gasteiger partial charge in [-0.25, -0.2) is 0 Å². The highest BCUT2D eigenvalue weighted by atomic mass is 127. The van der Waals surface area contributed by atoms with Gasteiger partial charge < -0.3 is 20.1 Å². The van der Waals surface area contributed by atoms with Gasteiger partial charge in [0.1, 0.15) is 0 Å². The van der Waals surface area contributed by atoms with E-state index in [0.29, 0.717) is 30.5 Å². The number of halogens is 2. The van der Waals surface area contributed by atoms with Crippen LogP contribution in [0.1, 0.15) is 5.56 Å². The molecule has 0 spiro atoms. The molecule has 0 aliphatic rings. The molecule has 0 aliphatic heterocycles. The molecule has 5 nitrogen and oxygen atoms in total. The Morgan fingerprint density at radius 2 is 2.05 bits per heavy atom. The number of nitrogens with zero attached hydrogens (tertiary/aromatic N) is 1. The molecule has 2 N–H and O–H groups in total. The average molecular weight is 468 g/mol. The SMILES string of the molecule is C#CCNC(=NC)NCc1cc(Br)c(OC)c(OC)c1.I. The third-order valence-corrected chi connectivity index (χ3v) is 3.12. The van der Waals surface area contributed by atoms with Crippen molar-refractivity contribution in [2.75, 3.05) is 27.8 Å². The van der Waals surface area contributed by atoms with Crippen molar-refractivity contribution in [3.05, 3.63) is 22.2 Å². The van der Waals surface area contributed by atoms with Gasteiger partial charge in [0.15, 0.2) is 17.5 Å². The summed E-state index contributed by atoms with van der Waals surface area (Å²) in [6.45, 7) is 1.01. The van der Waals surface area contributed by atoms with Crippen molar-refractivity contribution in [3.63, 3.8) is 0 Å². The number of hydrogen-bond donors (Lipinski definition) is 2. The van der Waals surface area contributed by atoms with Crippen LogP contribution in [0, 0.1) is 12.3 Å². The van der Waals surface area contributed by atoms with Gasteiger partial charge in [-0.15, -0.1) is 30.4 Å². The lowest BCUT2D eigenvalue weighted by Crippen LogP contribution is -2.36. The van der Waals surface area contributed by atoms with Crippen LogP contribution < -0.4 is 20.1 Å². The van der Waals surface area contributed by atoms with Crippen LogP contribution in [0.5, 0.6) is 11.5 Å². The van der Waals surface area contributed by atoms with E-state index in [2.05, 4.69) is 37.5 Å². The lowest BCUT2D eigenvalue weighted by molar-refractivity contribution is 0.352. The van der Waals surface area contributed by atoms with E-state index in [4.69, 9.17) is 15.9 Å². The standard InChI is InChI=1S/C14H18BrN3O2.HI/c1-5-6-17-14(16-2)18-9-10-7-11(15)13(20-4)12(8-10)19-3;/h1,7-8H,6,9H2,2-4H3,(H2,16,17,18);1H. The maximum atomic E-state index is 5.30. The number of guanidine groups is 1. The van der Waals surface area contributed by atoms with Crippen LogP contribution in [-0.4, -0.2) is 33.8 Å². The Hall–Kier alpha value is -1.14. The number of nitrogens with one attached hydrogen (secondary N) is 2. The smallest absolute Gasteiger partial charge is 0.192 e. The minimum Gasteiger partial charge on any atom is -0.493 e. The van der Waals surface area contributed by atoms with Crippen molar-refractivity contribution in [1.82, 2.24) is 10.6 Å². The van der Waals surface area contributed by atoms with E-state index in [-0.39, 0.29) is 24.0 Å². The molecule has 0 fully saturated rings. The molecule has 1 aromatic carbocycles. The molecule has 116 valence electrons. The van der Waals surface area contributed by atoms with Crippen LogP contribution >= 0.6 is 39.9 Å². The minimum atomic E-state index is 0. The molecule has 0 saturated heterocycles. The Morgan fingerprint density at radius 1 is 1.33 bits per heavy atom. The van der Waals surface area contributed by atoms with Crippen molar-refractivity contribution in [1.29, 1.82) is 0 Å². The van der Waals surface area contributed by atoms with Gasteiger partial charge in [0.25, 0.3) is 0 Å². The highest BCUT2D eigenvalue weighted by Gasteiger charge is 2.10. The molecule has 0 aliphatic carbocycles. The zero-order chi connectivity index (χ0) is 15.0. The van der Waals surface area contributed by atoms with Crippen molar-refractivity contribution >= 4 is 45.9 Å². The summed E-state index contributed by atoms with van der Waals surface area (Å²) in [6, 6.07) is 3.87. The number of benzene rings is 1. The molecule has 0 radical (unpaired) electrons. The second kappa shape index (κ2) is 10.6. The molecule has 21 heavy (non-hydrogen) atoms. The summed E-state index contributed by atoms with van der Waals surface area (Å²) in [5, 5.41) is 6.15. The lowest BCUT2D eigenvalue weighted by atomic mass is 10.2. The van der Waals surface area contributed by atoms with E-state index in [1.807, 2.05) is 12.1 Å². The van der Waals surface area contributed by atoms with Crippen LogP contribution in [0.4, 0.5) is 0 Å². The quantitative estimate of drug-likeness (QED) is 0.302. The van der Waals surface area contributed by atoms with E-state index in [1.165, 1.54) is 0 Å². The molecule has 0 unspecified atom stereocenters. The van der Waals surface area contributed by atoms with Crippen LogP contribution in [-0.2, 0) is 6.54 Å². The fourth-order valence-electron chi connectivity index (χ4n) is 1.61. The molecule has 0 saturated carbocycles. The predicted octanol–water partition coefficient (Wildman–Crippen LogP) is 2.38. The van der Waals surface area contributed by atoms with Crippen molar-refractivity contribution in [2.24, 2.45) is 4.99 Å². The molecule has 0 atom stereocenters. The maximum absolute atomic E-state index is 5.30. The third kappa shape index (κ3) is 6.01. The van der Waals surface area contributed by atoms with E-state index in [0.717, 1.165) is 10.0 Å². The zero-order valence-electron chi connectivity index (χ0n) is 12.2. The second-order valence-corrected chi connectivity index (χ2v) is 4.65. The third-order valence-electron chi connectivity index (χ3n) is 2.53. The van der Waals surface area contributed by atoms with E-state index in [9.17, 15) is 0 Å². The summed E-state index contributed by atoms with van der Waals surface area (Å²) < 4.78 is 11.4. The molecule has 1 rings (SSSR count). The Kier molecular flexibility index (Phi) is 9.99. The van der Waals surface area contributed by atoms with Crippen molar-refractivity contribution in [3.8, 4) is 23.8 Å². The number of terminal acetylenes is 1. The van der Waals surface area contributed by atoms with Gasteiger partial charge in [-0.3, -0.25) is 4.99 Å². The first-order valence-electron chi connectivity index (χ1n) is 5.94. The first-order valence-corrected chi connectivity index (χ1v) is 6.74. The van der Waals surface area contributed by atoms with Crippen LogP contribution in [0.25, 0.3) is 0 Å². The fourth-order valence-corrected chi connectivity index (χ4v) is 2.27. The molecular weight excluding hydrogens is 449 g/mol. The Bertz CT molecular complexity index is 530. The maximum Gasteiger partial charge on any atom is 0.192 e. The fraction of sp³-hybridized carbons (Fsp3) is 0.357. The molecule has 0 heterocycles. The molecule has 7 heteroatoms. The molecule has 0 aromatic heterocycles. The van der Waals surface area contributed by atoms with Gasteiger partial charge in [0, 0.05) is 13.6 Å². The highest BCUT2D eigenvalue weighted by molar-refractivity contribution is 14.0. The summed E-state index contributed by atoms with van der Waals surface area (Å²) in [6.07, 6.45) is 5.20. The van der Waals surface area contributed by atoms with Crippen LogP contribution in [0.2, 0.25) is 0 Å². The van der Waals surface area contributed by atoms with Gasteiger partial charge in [-0.05, 0) is 33.6 Å². The van der Waals surface area contributed by atoms with Crippen LogP contribution in [0.3, 0.4) is 0 Å². The highest BCUT2D eigenvalue weighted by Crippen LogP contribution is 2.36. The second-order valence-electron chi connectivity index (χ2n) is 3.80.